The monoisotopic (exact) mass is 284 g/mol. The molecule has 0 radical (unpaired) electrons. The van der Waals surface area contributed by atoms with E-state index in [0.29, 0.717) is 13.1 Å². The van der Waals surface area contributed by atoms with Crippen molar-refractivity contribution in [1.29, 1.82) is 0 Å². The Bertz CT molecular complexity index is 608. The molecule has 0 saturated carbocycles. The summed E-state index contributed by atoms with van der Waals surface area (Å²) in [6.45, 7) is 5.07. The Morgan fingerprint density at radius 3 is 2.48 bits per heavy atom. The Morgan fingerprint density at radius 1 is 1.14 bits per heavy atom. The van der Waals surface area contributed by atoms with Crippen LogP contribution in [0.15, 0.2) is 42.5 Å². The number of benzene rings is 1. The van der Waals surface area contributed by atoms with Crippen molar-refractivity contribution < 1.29 is 9.90 Å². The quantitative estimate of drug-likeness (QED) is 0.885. The molecule has 0 spiro atoms. The first-order valence-corrected chi connectivity index (χ1v) is 7.00. The fraction of sp³-hybridized carbons (Fsp3) is 0.294. The van der Waals surface area contributed by atoms with E-state index in [-0.39, 0.29) is 6.42 Å². The van der Waals surface area contributed by atoms with Gasteiger partial charge in [-0.3, -0.25) is 9.78 Å². The lowest BCUT2D eigenvalue weighted by atomic mass is 10.2. The van der Waals surface area contributed by atoms with E-state index in [2.05, 4.69) is 9.88 Å². The molecule has 0 fully saturated rings. The molecule has 0 bridgehead atoms. The molecule has 4 nitrogen and oxygen atoms in total. The molecule has 21 heavy (non-hydrogen) atoms. The average Bonchev–Trinajstić information content (AvgIpc) is 2.44. The summed E-state index contributed by atoms with van der Waals surface area (Å²) in [4.78, 5) is 17.4. The van der Waals surface area contributed by atoms with Gasteiger partial charge in [-0.25, -0.2) is 0 Å². The number of hydrogen-bond donors (Lipinski definition) is 1. The topological polar surface area (TPSA) is 53.4 Å². The lowest BCUT2D eigenvalue weighted by Crippen LogP contribution is -2.26. The fourth-order valence-corrected chi connectivity index (χ4v) is 2.17. The molecule has 1 N–H and O–H groups in total. The largest absolute Gasteiger partial charge is 0.481 e. The van der Waals surface area contributed by atoms with Crippen molar-refractivity contribution in [3.05, 3.63) is 59.4 Å². The van der Waals surface area contributed by atoms with Gasteiger partial charge >= 0.3 is 5.97 Å². The summed E-state index contributed by atoms with van der Waals surface area (Å²) >= 11 is 0. The molecular weight excluding hydrogens is 264 g/mol. The number of aromatic nitrogens is 1. The number of carbonyl (C=O) groups is 1. The molecule has 110 valence electrons. The average molecular weight is 284 g/mol. The summed E-state index contributed by atoms with van der Waals surface area (Å²) in [5, 5.41) is 8.92. The fourth-order valence-electron chi connectivity index (χ4n) is 2.17. The van der Waals surface area contributed by atoms with Gasteiger partial charge in [-0.15, -0.1) is 0 Å². The Hall–Kier alpha value is -2.36. The van der Waals surface area contributed by atoms with Gasteiger partial charge in [0.1, 0.15) is 0 Å². The Labute approximate surface area is 125 Å². The van der Waals surface area contributed by atoms with Crippen LogP contribution in [0.3, 0.4) is 0 Å². The van der Waals surface area contributed by atoms with E-state index in [1.165, 1.54) is 5.56 Å². The van der Waals surface area contributed by atoms with Gasteiger partial charge < -0.3 is 10.0 Å². The maximum Gasteiger partial charge on any atom is 0.305 e. The van der Waals surface area contributed by atoms with Crippen LogP contribution in [0.2, 0.25) is 0 Å². The lowest BCUT2D eigenvalue weighted by molar-refractivity contribution is -0.136. The van der Waals surface area contributed by atoms with Crippen molar-refractivity contribution >= 4 is 11.7 Å². The molecule has 4 heteroatoms. The molecule has 0 atom stereocenters. The molecule has 0 aliphatic carbocycles. The van der Waals surface area contributed by atoms with Crippen LogP contribution in [0.1, 0.15) is 23.4 Å². The maximum atomic E-state index is 10.9. The van der Waals surface area contributed by atoms with Crippen LogP contribution in [0, 0.1) is 13.8 Å². The number of anilines is 1. The second kappa shape index (κ2) is 6.88. The molecule has 2 rings (SSSR count). The van der Waals surface area contributed by atoms with Gasteiger partial charge in [0.2, 0.25) is 0 Å². The van der Waals surface area contributed by atoms with Crippen LogP contribution in [-0.4, -0.2) is 22.6 Å². The second-order valence-electron chi connectivity index (χ2n) is 5.17. The summed E-state index contributed by atoms with van der Waals surface area (Å²) < 4.78 is 0. The van der Waals surface area contributed by atoms with Crippen molar-refractivity contribution in [2.45, 2.75) is 26.8 Å². The SMILES string of the molecule is Cc1ccc(N(CCC(=O)O)Cc2cccc(C)n2)cc1. The highest BCUT2D eigenvalue weighted by molar-refractivity contribution is 5.67. The van der Waals surface area contributed by atoms with Gasteiger partial charge in [-0.1, -0.05) is 23.8 Å². The summed E-state index contributed by atoms with van der Waals surface area (Å²) in [6.07, 6.45) is 0.111. The van der Waals surface area contributed by atoms with E-state index in [4.69, 9.17) is 5.11 Å². The second-order valence-corrected chi connectivity index (χ2v) is 5.17. The molecule has 1 aromatic carbocycles. The summed E-state index contributed by atoms with van der Waals surface area (Å²) in [5.74, 6) is -0.788. The number of carboxylic acid groups (broad SMARTS) is 1. The Morgan fingerprint density at radius 2 is 1.86 bits per heavy atom. The van der Waals surface area contributed by atoms with Gasteiger partial charge in [0, 0.05) is 17.9 Å². The van der Waals surface area contributed by atoms with Gasteiger partial charge in [0.15, 0.2) is 0 Å². The first-order chi connectivity index (χ1) is 10.0. The van der Waals surface area contributed by atoms with E-state index in [0.717, 1.165) is 17.1 Å². The molecule has 0 unspecified atom stereocenters. The van der Waals surface area contributed by atoms with Crippen LogP contribution in [-0.2, 0) is 11.3 Å². The van der Waals surface area contributed by atoms with Crippen molar-refractivity contribution in [3.8, 4) is 0 Å². The maximum absolute atomic E-state index is 10.9. The zero-order valence-corrected chi connectivity index (χ0v) is 12.4. The highest BCUT2D eigenvalue weighted by Gasteiger charge is 2.10. The molecule has 1 aromatic heterocycles. The number of rotatable bonds is 6. The normalized spacial score (nSPS) is 10.4. The molecule has 0 aliphatic rings. The number of nitrogens with zero attached hydrogens (tertiary/aromatic N) is 2. The van der Waals surface area contributed by atoms with Crippen molar-refractivity contribution in [2.24, 2.45) is 0 Å². The molecule has 2 aromatic rings. The minimum absolute atomic E-state index is 0.111. The summed E-state index contributed by atoms with van der Waals surface area (Å²) in [7, 11) is 0. The third-order valence-corrected chi connectivity index (χ3v) is 3.29. The van der Waals surface area contributed by atoms with Crippen LogP contribution in [0.5, 0.6) is 0 Å². The van der Waals surface area contributed by atoms with E-state index >= 15 is 0 Å². The molecule has 0 saturated heterocycles. The number of aryl methyl sites for hydroxylation is 2. The van der Waals surface area contributed by atoms with Crippen LogP contribution < -0.4 is 4.90 Å². The van der Waals surface area contributed by atoms with E-state index in [1.807, 2.05) is 56.3 Å². The smallest absolute Gasteiger partial charge is 0.305 e. The van der Waals surface area contributed by atoms with Crippen LogP contribution >= 0.6 is 0 Å². The zero-order chi connectivity index (χ0) is 15.2. The molecule has 1 heterocycles. The van der Waals surface area contributed by atoms with Crippen molar-refractivity contribution in [3.63, 3.8) is 0 Å². The lowest BCUT2D eigenvalue weighted by Gasteiger charge is -2.24. The first-order valence-electron chi connectivity index (χ1n) is 7.00. The van der Waals surface area contributed by atoms with E-state index in [1.54, 1.807) is 0 Å². The number of carboxylic acids is 1. The third kappa shape index (κ3) is 4.60. The highest BCUT2D eigenvalue weighted by Crippen LogP contribution is 2.18. The van der Waals surface area contributed by atoms with Gasteiger partial charge in [0.05, 0.1) is 18.7 Å². The highest BCUT2D eigenvalue weighted by atomic mass is 16.4. The van der Waals surface area contributed by atoms with Gasteiger partial charge in [-0.05, 0) is 38.1 Å². The Balaban J connectivity index is 2.19. The van der Waals surface area contributed by atoms with E-state index < -0.39 is 5.97 Å². The number of aliphatic carboxylic acids is 1. The predicted octanol–water partition coefficient (Wildman–Crippen LogP) is 3.18. The van der Waals surface area contributed by atoms with E-state index in [9.17, 15) is 4.79 Å². The first kappa shape index (κ1) is 15.0. The van der Waals surface area contributed by atoms with Gasteiger partial charge in [-0.2, -0.15) is 0 Å². The van der Waals surface area contributed by atoms with Gasteiger partial charge in [0.25, 0.3) is 0 Å². The Kier molecular flexibility index (Phi) is 4.93. The number of hydrogen-bond acceptors (Lipinski definition) is 3. The van der Waals surface area contributed by atoms with Crippen molar-refractivity contribution in [1.82, 2.24) is 4.98 Å². The standard InChI is InChI=1S/C17H20N2O2/c1-13-6-8-16(9-7-13)19(11-10-17(20)21)12-15-5-3-4-14(2)18-15/h3-9H,10-12H2,1-2H3,(H,20,21). The third-order valence-electron chi connectivity index (χ3n) is 3.29. The molecular formula is C17H20N2O2. The van der Waals surface area contributed by atoms with Crippen molar-refractivity contribution in [2.75, 3.05) is 11.4 Å². The minimum atomic E-state index is -0.788. The predicted molar refractivity (Wildman–Crippen MR) is 83.5 cm³/mol. The summed E-state index contributed by atoms with van der Waals surface area (Å²) in [5.41, 5.74) is 4.12. The molecule has 0 aliphatic heterocycles. The molecule has 0 amide bonds. The zero-order valence-electron chi connectivity index (χ0n) is 12.4. The van der Waals surface area contributed by atoms with Crippen LogP contribution in [0.25, 0.3) is 0 Å². The summed E-state index contributed by atoms with van der Waals surface area (Å²) in [6, 6.07) is 14.0. The number of pyridine rings is 1. The van der Waals surface area contributed by atoms with Crippen LogP contribution in [0.4, 0.5) is 5.69 Å². The minimum Gasteiger partial charge on any atom is -0.481 e.